The zero-order chi connectivity index (χ0) is 9.68. The fourth-order valence-electron chi connectivity index (χ4n) is 1.41. The Labute approximate surface area is 80.8 Å². The Morgan fingerprint density at radius 3 is 2.85 bits per heavy atom. The molecule has 0 radical (unpaired) electrons. The van der Waals surface area contributed by atoms with Gasteiger partial charge >= 0.3 is 0 Å². The van der Waals surface area contributed by atoms with Gasteiger partial charge in [-0.05, 0) is 12.8 Å². The quantitative estimate of drug-likeness (QED) is 0.713. The molecule has 1 aliphatic heterocycles. The predicted molar refractivity (Wildman–Crippen MR) is 52.9 cm³/mol. The Morgan fingerprint density at radius 1 is 1.46 bits per heavy atom. The molecule has 13 heavy (non-hydrogen) atoms. The van der Waals surface area contributed by atoms with Gasteiger partial charge in [0.05, 0.1) is 18.8 Å². The lowest BCUT2D eigenvalue weighted by Crippen LogP contribution is -2.45. The average Bonchev–Trinajstić information content (AvgIpc) is 2.03. The Hall–Kier alpha value is -0.120. The van der Waals surface area contributed by atoms with Crippen LogP contribution in [0.2, 0.25) is 0 Å². The Kier molecular flexibility index (Phi) is 4.70. The van der Waals surface area contributed by atoms with Gasteiger partial charge in [0.25, 0.3) is 0 Å². The standard InChI is InChI=1S/C10H21NO2/c1-8(2)6-12-7-10-5-11-4-9(3)13-10/h8-11H,4-7H2,1-3H3/t9-,10-/m1/s1. The van der Waals surface area contributed by atoms with E-state index in [4.69, 9.17) is 9.47 Å². The number of morpholine rings is 1. The molecule has 1 saturated heterocycles. The highest BCUT2D eigenvalue weighted by molar-refractivity contribution is 4.71. The summed E-state index contributed by atoms with van der Waals surface area (Å²) in [6.07, 6.45) is 0.559. The van der Waals surface area contributed by atoms with Crippen molar-refractivity contribution in [1.82, 2.24) is 5.32 Å². The molecule has 0 amide bonds. The van der Waals surface area contributed by atoms with Crippen LogP contribution in [0, 0.1) is 5.92 Å². The van der Waals surface area contributed by atoms with Gasteiger partial charge in [-0.25, -0.2) is 0 Å². The largest absolute Gasteiger partial charge is 0.378 e. The van der Waals surface area contributed by atoms with E-state index in [0.717, 1.165) is 26.3 Å². The van der Waals surface area contributed by atoms with Crippen molar-refractivity contribution in [3.8, 4) is 0 Å². The summed E-state index contributed by atoms with van der Waals surface area (Å²) in [5.41, 5.74) is 0. The molecular weight excluding hydrogens is 166 g/mol. The van der Waals surface area contributed by atoms with Crippen LogP contribution in [-0.2, 0) is 9.47 Å². The van der Waals surface area contributed by atoms with Gasteiger partial charge in [0.15, 0.2) is 0 Å². The van der Waals surface area contributed by atoms with Gasteiger partial charge in [-0.3, -0.25) is 0 Å². The van der Waals surface area contributed by atoms with Crippen LogP contribution < -0.4 is 5.32 Å². The minimum absolute atomic E-state index is 0.238. The first kappa shape index (κ1) is 11.0. The van der Waals surface area contributed by atoms with Crippen molar-refractivity contribution in [2.24, 2.45) is 5.92 Å². The van der Waals surface area contributed by atoms with Crippen molar-refractivity contribution in [2.75, 3.05) is 26.3 Å². The second-order valence-corrected chi connectivity index (χ2v) is 4.16. The SMILES string of the molecule is CC(C)COC[C@H]1CNC[C@@H](C)O1. The van der Waals surface area contributed by atoms with Gasteiger partial charge in [0, 0.05) is 19.7 Å². The topological polar surface area (TPSA) is 30.5 Å². The zero-order valence-corrected chi connectivity index (χ0v) is 8.88. The lowest BCUT2D eigenvalue weighted by Gasteiger charge is -2.28. The van der Waals surface area contributed by atoms with Crippen molar-refractivity contribution < 1.29 is 9.47 Å². The van der Waals surface area contributed by atoms with E-state index in [-0.39, 0.29) is 6.10 Å². The van der Waals surface area contributed by atoms with Crippen molar-refractivity contribution in [3.05, 3.63) is 0 Å². The average molecular weight is 187 g/mol. The van der Waals surface area contributed by atoms with E-state index in [0.29, 0.717) is 12.0 Å². The van der Waals surface area contributed by atoms with Crippen molar-refractivity contribution in [3.63, 3.8) is 0 Å². The second-order valence-electron chi connectivity index (χ2n) is 4.16. The lowest BCUT2D eigenvalue weighted by atomic mass is 10.2. The van der Waals surface area contributed by atoms with E-state index in [1.807, 2.05) is 0 Å². The summed E-state index contributed by atoms with van der Waals surface area (Å²) in [4.78, 5) is 0. The summed E-state index contributed by atoms with van der Waals surface area (Å²) < 4.78 is 11.2. The van der Waals surface area contributed by atoms with Gasteiger partial charge in [-0.1, -0.05) is 13.8 Å². The van der Waals surface area contributed by atoms with Gasteiger partial charge in [0.2, 0.25) is 0 Å². The third kappa shape index (κ3) is 4.60. The number of hydrogen-bond acceptors (Lipinski definition) is 3. The maximum Gasteiger partial charge on any atom is 0.0936 e. The van der Waals surface area contributed by atoms with Gasteiger partial charge in [0.1, 0.15) is 0 Å². The van der Waals surface area contributed by atoms with E-state index in [9.17, 15) is 0 Å². The van der Waals surface area contributed by atoms with Gasteiger partial charge < -0.3 is 14.8 Å². The molecule has 1 heterocycles. The minimum Gasteiger partial charge on any atom is -0.378 e. The maximum atomic E-state index is 5.68. The Bertz CT molecular complexity index is 139. The first-order chi connectivity index (χ1) is 6.18. The molecule has 0 aromatic heterocycles. The molecular formula is C10H21NO2. The molecule has 0 aromatic carbocycles. The Morgan fingerprint density at radius 2 is 2.23 bits per heavy atom. The third-order valence-electron chi connectivity index (χ3n) is 1.98. The van der Waals surface area contributed by atoms with Crippen molar-refractivity contribution in [2.45, 2.75) is 33.0 Å². The molecule has 0 spiro atoms. The highest BCUT2D eigenvalue weighted by atomic mass is 16.5. The molecule has 1 aliphatic rings. The monoisotopic (exact) mass is 187 g/mol. The molecule has 2 atom stereocenters. The molecule has 0 aliphatic carbocycles. The van der Waals surface area contributed by atoms with Gasteiger partial charge in [-0.2, -0.15) is 0 Å². The van der Waals surface area contributed by atoms with E-state index >= 15 is 0 Å². The fourth-order valence-corrected chi connectivity index (χ4v) is 1.41. The fraction of sp³-hybridized carbons (Fsp3) is 1.00. The van der Waals surface area contributed by atoms with E-state index in [1.54, 1.807) is 0 Å². The second kappa shape index (κ2) is 5.58. The van der Waals surface area contributed by atoms with Gasteiger partial charge in [-0.15, -0.1) is 0 Å². The first-order valence-electron chi connectivity index (χ1n) is 5.12. The number of ether oxygens (including phenoxy) is 2. The summed E-state index contributed by atoms with van der Waals surface area (Å²) in [5.74, 6) is 0.606. The van der Waals surface area contributed by atoms with Crippen LogP contribution >= 0.6 is 0 Å². The summed E-state index contributed by atoms with van der Waals surface area (Å²) in [7, 11) is 0. The number of rotatable bonds is 4. The molecule has 1 rings (SSSR count). The Balaban J connectivity index is 2.06. The van der Waals surface area contributed by atoms with Crippen LogP contribution in [-0.4, -0.2) is 38.5 Å². The van der Waals surface area contributed by atoms with Crippen LogP contribution in [0.15, 0.2) is 0 Å². The molecule has 3 nitrogen and oxygen atoms in total. The first-order valence-corrected chi connectivity index (χ1v) is 5.12. The molecule has 0 unspecified atom stereocenters. The van der Waals surface area contributed by atoms with E-state index in [1.165, 1.54) is 0 Å². The lowest BCUT2D eigenvalue weighted by molar-refractivity contribution is -0.0715. The number of hydrogen-bond donors (Lipinski definition) is 1. The molecule has 1 N–H and O–H groups in total. The van der Waals surface area contributed by atoms with Crippen LogP contribution in [0.25, 0.3) is 0 Å². The predicted octanol–water partition coefficient (Wildman–Crippen LogP) is 1.04. The molecule has 0 saturated carbocycles. The smallest absolute Gasteiger partial charge is 0.0936 e. The molecule has 78 valence electrons. The highest BCUT2D eigenvalue weighted by Gasteiger charge is 2.18. The summed E-state index contributed by atoms with van der Waals surface area (Å²) in [5, 5.41) is 3.32. The summed E-state index contributed by atoms with van der Waals surface area (Å²) in [6, 6.07) is 0. The molecule has 0 aromatic rings. The minimum atomic E-state index is 0.238. The molecule has 3 heteroatoms. The van der Waals surface area contributed by atoms with E-state index in [2.05, 4.69) is 26.1 Å². The molecule has 0 bridgehead atoms. The normalized spacial score (nSPS) is 29.5. The van der Waals surface area contributed by atoms with Crippen molar-refractivity contribution in [1.29, 1.82) is 0 Å². The van der Waals surface area contributed by atoms with E-state index < -0.39 is 0 Å². The van der Waals surface area contributed by atoms with Crippen molar-refractivity contribution >= 4 is 0 Å². The maximum absolute atomic E-state index is 5.68. The highest BCUT2D eigenvalue weighted by Crippen LogP contribution is 2.04. The summed E-state index contributed by atoms with van der Waals surface area (Å²) >= 11 is 0. The number of nitrogens with one attached hydrogen (secondary N) is 1. The van der Waals surface area contributed by atoms with Crippen LogP contribution in [0.4, 0.5) is 0 Å². The van der Waals surface area contributed by atoms with Crippen LogP contribution in [0.3, 0.4) is 0 Å². The van der Waals surface area contributed by atoms with Crippen LogP contribution in [0.1, 0.15) is 20.8 Å². The summed E-state index contributed by atoms with van der Waals surface area (Å²) in [6.45, 7) is 9.82. The third-order valence-corrected chi connectivity index (χ3v) is 1.98. The zero-order valence-electron chi connectivity index (χ0n) is 8.88. The molecule has 1 fully saturated rings. The van der Waals surface area contributed by atoms with Crippen LogP contribution in [0.5, 0.6) is 0 Å².